The van der Waals surface area contributed by atoms with E-state index in [0.717, 1.165) is 28.2 Å². The number of nitrogens with one attached hydrogen (secondary N) is 1. The standard InChI is InChI=1S/C15H19BrClN3/c1-4-20-12(7-10(2)19-20)9-15(18-3)11-5-6-13(16)14(17)8-11/h5-8,15,18H,4,9H2,1-3H3. The Hall–Kier alpha value is -0.840. The molecule has 3 nitrogen and oxygen atoms in total. The zero-order valence-electron chi connectivity index (χ0n) is 12.0. The van der Waals surface area contributed by atoms with Crippen LogP contribution in [0.5, 0.6) is 0 Å². The molecule has 1 atom stereocenters. The Morgan fingerprint density at radius 3 is 2.75 bits per heavy atom. The maximum Gasteiger partial charge on any atom is 0.0596 e. The Morgan fingerprint density at radius 1 is 1.40 bits per heavy atom. The highest BCUT2D eigenvalue weighted by Gasteiger charge is 2.14. The molecule has 0 saturated heterocycles. The third-order valence-electron chi connectivity index (χ3n) is 3.39. The average Bonchev–Trinajstić information content (AvgIpc) is 2.79. The van der Waals surface area contributed by atoms with E-state index in [9.17, 15) is 0 Å². The van der Waals surface area contributed by atoms with Gasteiger partial charge in [-0.2, -0.15) is 5.10 Å². The average molecular weight is 357 g/mol. The van der Waals surface area contributed by atoms with Crippen LogP contribution in [0.1, 0.15) is 29.9 Å². The van der Waals surface area contributed by atoms with Crippen LogP contribution >= 0.6 is 27.5 Å². The van der Waals surface area contributed by atoms with Crippen LogP contribution in [0.2, 0.25) is 5.02 Å². The van der Waals surface area contributed by atoms with Crippen LogP contribution in [-0.4, -0.2) is 16.8 Å². The zero-order chi connectivity index (χ0) is 14.7. The van der Waals surface area contributed by atoms with Crippen molar-refractivity contribution in [3.63, 3.8) is 0 Å². The van der Waals surface area contributed by atoms with Crippen molar-refractivity contribution in [3.05, 3.63) is 50.7 Å². The van der Waals surface area contributed by atoms with Gasteiger partial charge in [0.25, 0.3) is 0 Å². The second-order valence-electron chi connectivity index (χ2n) is 4.81. The zero-order valence-corrected chi connectivity index (χ0v) is 14.3. The molecule has 20 heavy (non-hydrogen) atoms. The highest BCUT2D eigenvalue weighted by molar-refractivity contribution is 9.10. The Balaban J connectivity index is 2.26. The molecule has 1 aromatic carbocycles. The second-order valence-corrected chi connectivity index (χ2v) is 6.07. The van der Waals surface area contributed by atoms with Crippen LogP contribution in [0.4, 0.5) is 0 Å². The molecule has 1 unspecified atom stereocenters. The Labute approximate surface area is 133 Å². The fourth-order valence-corrected chi connectivity index (χ4v) is 2.80. The number of aromatic nitrogens is 2. The first-order valence-corrected chi connectivity index (χ1v) is 7.87. The maximum absolute atomic E-state index is 6.19. The van der Waals surface area contributed by atoms with Gasteiger partial charge < -0.3 is 5.32 Å². The van der Waals surface area contributed by atoms with Crippen LogP contribution in [0.25, 0.3) is 0 Å². The molecule has 1 aromatic heterocycles. The molecular formula is C15H19BrClN3. The lowest BCUT2D eigenvalue weighted by Crippen LogP contribution is -2.20. The molecule has 1 heterocycles. The van der Waals surface area contributed by atoms with E-state index in [-0.39, 0.29) is 6.04 Å². The Bertz CT molecular complexity index is 595. The summed E-state index contributed by atoms with van der Waals surface area (Å²) in [6.07, 6.45) is 0.892. The number of rotatable bonds is 5. The smallest absolute Gasteiger partial charge is 0.0596 e. The number of hydrogen-bond donors (Lipinski definition) is 1. The summed E-state index contributed by atoms with van der Waals surface area (Å²) in [5.74, 6) is 0. The molecule has 0 aliphatic rings. The minimum Gasteiger partial charge on any atom is -0.313 e. The lowest BCUT2D eigenvalue weighted by atomic mass is 10.0. The van der Waals surface area contributed by atoms with Crippen molar-refractivity contribution >= 4 is 27.5 Å². The van der Waals surface area contributed by atoms with Gasteiger partial charge in [0, 0.05) is 29.2 Å². The topological polar surface area (TPSA) is 29.9 Å². The molecule has 0 bridgehead atoms. The van der Waals surface area contributed by atoms with E-state index in [1.807, 2.05) is 26.1 Å². The van der Waals surface area contributed by atoms with Gasteiger partial charge in [0.15, 0.2) is 0 Å². The van der Waals surface area contributed by atoms with E-state index >= 15 is 0 Å². The first-order chi connectivity index (χ1) is 9.55. The molecular weight excluding hydrogens is 338 g/mol. The lowest BCUT2D eigenvalue weighted by Gasteiger charge is -2.18. The molecule has 2 rings (SSSR count). The SMILES string of the molecule is CCn1nc(C)cc1CC(NC)c1ccc(Br)c(Cl)c1. The van der Waals surface area contributed by atoms with Gasteiger partial charge >= 0.3 is 0 Å². The summed E-state index contributed by atoms with van der Waals surface area (Å²) in [7, 11) is 1.97. The molecule has 0 saturated carbocycles. The van der Waals surface area contributed by atoms with Gasteiger partial charge in [0.2, 0.25) is 0 Å². The fraction of sp³-hybridized carbons (Fsp3) is 0.400. The molecule has 0 aliphatic heterocycles. The molecule has 0 amide bonds. The highest BCUT2D eigenvalue weighted by atomic mass is 79.9. The van der Waals surface area contributed by atoms with E-state index in [4.69, 9.17) is 11.6 Å². The molecule has 1 N–H and O–H groups in total. The summed E-state index contributed by atoms with van der Waals surface area (Å²) >= 11 is 9.62. The van der Waals surface area contributed by atoms with Crippen molar-refractivity contribution < 1.29 is 0 Å². The molecule has 108 valence electrons. The minimum atomic E-state index is 0.224. The summed E-state index contributed by atoms with van der Waals surface area (Å²) in [6.45, 7) is 5.03. The Morgan fingerprint density at radius 2 is 2.15 bits per heavy atom. The number of hydrogen-bond acceptors (Lipinski definition) is 2. The van der Waals surface area contributed by atoms with Gasteiger partial charge in [-0.25, -0.2) is 0 Å². The summed E-state index contributed by atoms with van der Waals surface area (Å²) in [4.78, 5) is 0. The van der Waals surface area contributed by atoms with Crippen LogP contribution < -0.4 is 5.32 Å². The molecule has 0 spiro atoms. The van der Waals surface area contributed by atoms with Gasteiger partial charge in [0.05, 0.1) is 10.7 Å². The van der Waals surface area contributed by atoms with Crippen molar-refractivity contribution in [2.24, 2.45) is 0 Å². The van der Waals surface area contributed by atoms with Crippen molar-refractivity contribution in [1.82, 2.24) is 15.1 Å². The predicted molar refractivity (Wildman–Crippen MR) is 87.3 cm³/mol. The molecule has 0 aliphatic carbocycles. The second kappa shape index (κ2) is 6.74. The quantitative estimate of drug-likeness (QED) is 0.873. The van der Waals surface area contributed by atoms with E-state index in [1.165, 1.54) is 11.3 Å². The van der Waals surface area contributed by atoms with E-state index in [1.54, 1.807) is 0 Å². The van der Waals surface area contributed by atoms with Crippen molar-refractivity contribution in [3.8, 4) is 0 Å². The fourth-order valence-electron chi connectivity index (χ4n) is 2.36. The summed E-state index contributed by atoms with van der Waals surface area (Å²) in [5, 5.41) is 8.59. The third-order valence-corrected chi connectivity index (χ3v) is 4.63. The van der Waals surface area contributed by atoms with Gasteiger partial charge in [-0.15, -0.1) is 0 Å². The van der Waals surface area contributed by atoms with E-state index in [0.29, 0.717) is 0 Å². The predicted octanol–water partition coefficient (Wildman–Crippen LogP) is 4.13. The van der Waals surface area contributed by atoms with Crippen molar-refractivity contribution in [1.29, 1.82) is 0 Å². The van der Waals surface area contributed by atoms with E-state index < -0.39 is 0 Å². The van der Waals surface area contributed by atoms with Gasteiger partial charge in [-0.05, 0) is 60.6 Å². The number of nitrogens with zero attached hydrogens (tertiary/aromatic N) is 2. The summed E-state index contributed by atoms with van der Waals surface area (Å²) < 4.78 is 2.98. The summed E-state index contributed by atoms with van der Waals surface area (Å²) in [5.41, 5.74) is 3.48. The molecule has 0 radical (unpaired) electrons. The molecule has 5 heteroatoms. The first kappa shape index (κ1) is 15.5. The maximum atomic E-state index is 6.19. The van der Waals surface area contributed by atoms with E-state index in [2.05, 4.69) is 50.1 Å². The highest BCUT2D eigenvalue weighted by Crippen LogP contribution is 2.27. The number of aryl methyl sites for hydroxylation is 2. The number of benzene rings is 1. The summed E-state index contributed by atoms with van der Waals surface area (Å²) in [6, 6.07) is 8.46. The number of halogens is 2. The first-order valence-electron chi connectivity index (χ1n) is 6.70. The minimum absolute atomic E-state index is 0.224. The van der Waals surface area contributed by atoms with Crippen LogP contribution in [0, 0.1) is 6.92 Å². The van der Waals surface area contributed by atoms with Crippen molar-refractivity contribution in [2.45, 2.75) is 32.9 Å². The third kappa shape index (κ3) is 3.43. The largest absolute Gasteiger partial charge is 0.313 e. The number of likely N-dealkylation sites (N-methyl/N-ethyl adjacent to an activating group) is 1. The van der Waals surface area contributed by atoms with Gasteiger partial charge in [0.1, 0.15) is 0 Å². The monoisotopic (exact) mass is 355 g/mol. The Kier molecular flexibility index (Phi) is 5.24. The van der Waals surface area contributed by atoms with Gasteiger partial charge in [-0.1, -0.05) is 17.7 Å². The molecule has 0 fully saturated rings. The van der Waals surface area contributed by atoms with Gasteiger partial charge in [-0.3, -0.25) is 4.68 Å². The van der Waals surface area contributed by atoms with Crippen LogP contribution in [-0.2, 0) is 13.0 Å². The lowest BCUT2D eigenvalue weighted by molar-refractivity contribution is 0.541. The molecule has 2 aromatic rings. The normalized spacial score (nSPS) is 12.7. The van der Waals surface area contributed by atoms with Crippen LogP contribution in [0.15, 0.2) is 28.7 Å². The van der Waals surface area contributed by atoms with Crippen molar-refractivity contribution in [2.75, 3.05) is 7.05 Å². The van der Waals surface area contributed by atoms with Crippen LogP contribution in [0.3, 0.4) is 0 Å².